The average molecular weight is 546 g/mol. The van der Waals surface area contributed by atoms with Crippen LogP contribution in [0, 0.1) is 0 Å². The number of hydrogen-bond acceptors (Lipinski definition) is 3. The van der Waals surface area contributed by atoms with Crippen LogP contribution in [-0.2, 0) is 9.31 Å². The van der Waals surface area contributed by atoms with Crippen molar-refractivity contribution in [2.75, 3.05) is 0 Å². The van der Waals surface area contributed by atoms with Gasteiger partial charge in [-0.25, -0.2) is 4.98 Å². The van der Waals surface area contributed by atoms with E-state index in [1.54, 1.807) is 0 Å². The van der Waals surface area contributed by atoms with Crippen LogP contribution in [0.15, 0.2) is 115 Å². The topological polar surface area (TPSA) is 36.3 Å². The van der Waals surface area contributed by atoms with E-state index < -0.39 is 18.3 Å². The Hall–Kier alpha value is -4.45. The SMILES string of the molecule is CC1(C)OB(c2ccc3c4cc5nc(-c6ccccc6)c6ccccc6c5cc4n(-c4ccccc4)c3c2)OC1(C)C. The largest absolute Gasteiger partial charge is 0.494 e. The summed E-state index contributed by atoms with van der Waals surface area (Å²) >= 11 is 0. The number of nitrogens with zero attached hydrogens (tertiary/aromatic N) is 2. The zero-order chi connectivity index (χ0) is 28.6. The molecule has 8 rings (SSSR count). The highest BCUT2D eigenvalue weighted by Gasteiger charge is 2.51. The normalized spacial score (nSPS) is 16.2. The molecule has 2 aromatic heterocycles. The van der Waals surface area contributed by atoms with Gasteiger partial charge in [0.05, 0.1) is 33.4 Å². The maximum atomic E-state index is 6.44. The molecule has 0 bridgehead atoms. The Morgan fingerprint density at radius 2 is 1.19 bits per heavy atom. The predicted molar refractivity (Wildman–Crippen MR) is 175 cm³/mol. The predicted octanol–water partition coefficient (Wildman–Crippen LogP) is 8.45. The van der Waals surface area contributed by atoms with E-state index in [1.807, 2.05) is 6.07 Å². The molecule has 1 fully saturated rings. The molecule has 3 heterocycles. The molecule has 1 aliphatic heterocycles. The number of hydrogen-bond donors (Lipinski definition) is 0. The van der Waals surface area contributed by atoms with Gasteiger partial charge in [-0.2, -0.15) is 0 Å². The third-order valence-electron chi connectivity index (χ3n) is 9.20. The van der Waals surface area contributed by atoms with Crippen LogP contribution in [-0.4, -0.2) is 27.9 Å². The fraction of sp³-hybridized carbons (Fsp3) is 0.162. The van der Waals surface area contributed by atoms with Gasteiger partial charge in [-0.1, -0.05) is 84.9 Å². The summed E-state index contributed by atoms with van der Waals surface area (Å²) in [5.41, 5.74) is 6.70. The second-order valence-electron chi connectivity index (χ2n) is 12.3. The lowest BCUT2D eigenvalue weighted by Gasteiger charge is -2.32. The van der Waals surface area contributed by atoms with Crippen LogP contribution in [0.4, 0.5) is 0 Å². The number of fused-ring (bicyclic) bond motifs is 6. The van der Waals surface area contributed by atoms with Crippen molar-refractivity contribution in [3.63, 3.8) is 0 Å². The van der Waals surface area contributed by atoms with Crippen molar-refractivity contribution in [2.24, 2.45) is 0 Å². The molecule has 0 saturated carbocycles. The minimum atomic E-state index is -0.431. The van der Waals surface area contributed by atoms with Gasteiger partial charge in [-0.3, -0.25) is 0 Å². The number of para-hydroxylation sites is 1. The molecule has 0 unspecified atom stereocenters. The molecule has 5 aromatic carbocycles. The van der Waals surface area contributed by atoms with Crippen LogP contribution >= 0.6 is 0 Å². The smallest absolute Gasteiger partial charge is 0.399 e. The Morgan fingerprint density at radius 3 is 1.90 bits per heavy atom. The fourth-order valence-electron chi connectivity index (χ4n) is 6.28. The minimum Gasteiger partial charge on any atom is -0.399 e. The highest BCUT2D eigenvalue weighted by molar-refractivity contribution is 6.62. The fourth-order valence-corrected chi connectivity index (χ4v) is 6.28. The van der Waals surface area contributed by atoms with E-state index >= 15 is 0 Å². The summed E-state index contributed by atoms with van der Waals surface area (Å²) in [6, 6.07) is 40.8. The average Bonchev–Trinajstić information content (AvgIpc) is 3.44. The van der Waals surface area contributed by atoms with Gasteiger partial charge >= 0.3 is 7.12 Å². The van der Waals surface area contributed by atoms with Crippen molar-refractivity contribution in [3.05, 3.63) is 115 Å². The summed E-state index contributed by atoms with van der Waals surface area (Å²) in [6.45, 7) is 8.39. The molecule has 0 aliphatic carbocycles. The van der Waals surface area contributed by atoms with Crippen molar-refractivity contribution in [1.82, 2.24) is 9.55 Å². The van der Waals surface area contributed by atoms with E-state index in [0.29, 0.717) is 0 Å². The summed E-state index contributed by atoms with van der Waals surface area (Å²) in [5.74, 6) is 0. The number of pyridine rings is 1. The molecule has 7 aromatic rings. The van der Waals surface area contributed by atoms with Gasteiger partial charge in [0.25, 0.3) is 0 Å². The van der Waals surface area contributed by atoms with E-state index in [9.17, 15) is 0 Å². The van der Waals surface area contributed by atoms with Gasteiger partial charge in [0.2, 0.25) is 0 Å². The number of aromatic nitrogens is 2. The lowest BCUT2D eigenvalue weighted by atomic mass is 9.79. The lowest BCUT2D eigenvalue weighted by molar-refractivity contribution is 0.00578. The van der Waals surface area contributed by atoms with Gasteiger partial charge < -0.3 is 13.9 Å². The monoisotopic (exact) mass is 546 g/mol. The summed E-state index contributed by atoms with van der Waals surface area (Å²) < 4.78 is 15.2. The maximum Gasteiger partial charge on any atom is 0.494 e. The van der Waals surface area contributed by atoms with E-state index in [-0.39, 0.29) is 0 Å². The molecule has 4 nitrogen and oxygen atoms in total. The Kier molecular flexibility index (Phi) is 5.43. The Balaban J connectivity index is 1.43. The molecular weight excluding hydrogens is 515 g/mol. The second kappa shape index (κ2) is 9.03. The quantitative estimate of drug-likeness (QED) is 0.165. The molecule has 0 spiro atoms. The Labute approximate surface area is 245 Å². The zero-order valence-corrected chi connectivity index (χ0v) is 24.3. The molecule has 0 atom stereocenters. The van der Waals surface area contributed by atoms with Crippen LogP contribution < -0.4 is 5.46 Å². The molecular formula is C37H31BN2O2. The first-order valence-corrected chi connectivity index (χ1v) is 14.6. The first-order chi connectivity index (χ1) is 20.3. The van der Waals surface area contributed by atoms with Crippen LogP contribution in [0.25, 0.3) is 60.4 Å². The molecule has 0 N–H and O–H groups in total. The van der Waals surface area contributed by atoms with Crippen LogP contribution in [0.1, 0.15) is 27.7 Å². The van der Waals surface area contributed by atoms with Crippen molar-refractivity contribution in [3.8, 4) is 16.9 Å². The summed E-state index contributed by atoms with van der Waals surface area (Å²) in [4.78, 5) is 5.28. The molecule has 0 radical (unpaired) electrons. The summed E-state index contributed by atoms with van der Waals surface area (Å²) in [5, 5.41) is 5.84. The summed E-state index contributed by atoms with van der Waals surface area (Å²) in [6.07, 6.45) is 0. The molecule has 0 amide bonds. The molecule has 1 saturated heterocycles. The van der Waals surface area contributed by atoms with Crippen LogP contribution in [0.3, 0.4) is 0 Å². The van der Waals surface area contributed by atoms with Crippen molar-refractivity contribution >= 4 is 56.1 Å². The number of rotatable bonds is 3. The van der Waals surface area contributed by atoms with Crippen molar-refractivity contribution < 1.29 is 9.31 Å². The van der Waals surface area contributed by atoms with Crippen molar-refractivity contribution in [2.45, 2.75) is 38.9 Å². The molecule has 42 heavy (non-hydrogen) atoms. The van der Waals surface area contributed by atoms with Crippen LogP contribution in [0.2, 0.25) is 0 Å². The van der Waals surface area contributed by atoms with E-state index in [4.69, 9.17) is 14.3 Å². The van der Waals surface area contributed by atoms with E-state index in [1.165, 1.54) is 16.2 Å². The van der Waals surface area contributed by atoms with Crippen LogP contribution in [0.5, 0.6) is 0 Å². The lowest BCUT2D eigenvalue weighted by Crippen LogP contribution is -2.41. The van der Waals surface area contributed by atoms with Gasteiger partial charge in [-0.15, -0.1) is 0 Å². The standard InChI is InChI=1S/C37H31BN2O2/c1-36(2)37(3,4)42-38(41-36)25-19-20-28-31-22-32-30(23-34(31)40(33(28)21-25)26-15-9-6-10-16-26)27-17-11-12-18-29(27)35(39-32)24-13-7-5-8-14-24/h5-23H,1-4H3. The Morgan fingerprint density at radius 1 is 0.571 bits per heavy atom. The third kappa shape index (κ3) is 3.74. The third-order valence-corrected chi connectivity index (χ3v) is 9.20. The zero-order valence-electron chi connectivity index (χ0n) is 24.3. The van der Waals surface area contributed by atoms with Gasteiger partial charge in [-0.05, 0) is 68.9 Å². The summed E-state index contributed by atoms with van der Waals surface area (Å²) in [7, 11) is -0.431. The minimum absolute atomic E-state index is 0.403. The Bertz CT molecular complexity index is 2130. The van der Waals surface area contributed by atoms with Gasteiger partial charge in [0.15, 0.2) is 0 Å². The highest BCUT2D eigenvalue weighted by atomic mass is 16.7. The maximum absolute atomic E-state index is 6.44. The number of benzene rings is 5. The first kappa shape index (κ1) is 25.3. The van der Waals surface area contributed by atoms with E-state index in [2.05, 4.69) is 141 Å². The molecule has 1 aliphatic rings. The van der Waals surface area contributed by atoms with Gasteiger partial charge in [0.1, 0.15) is 0 Å². The second-order valence-corrected chi connectivity index (χ2v) is 12.3. The van der Waals surface area contributed by atoms with Gasteiger partial charge in [0, 0.05) is 32.8 Å². The first-order valence-electron chi connectivity index (χ1n) is 14.6. The molecule has 5 heteroatoms. The highest BCUT2D eigenvalue weighted by Crippen LogP contribution is 2.40. The van der Waals surface area contributed by atoms with E-state index in [0.717, 1.165) is 49.7 Å². The van der Waals surface area contributed by atoms with Crippen molar-refractivity contribution in [1.29, 1.82) is 0 Å². The molecule has 204 valence electrons.